The third kappa shape index (κ3) is 4.90. The molecule has 4 rings (SSSR count). The van der Waals surface area contributed by atoms with Gasteiger partial charge in [0.05, 0.1) is 9.99 Å². The van der Waals surface area contributed by atoms with E-state index in [4.69, 9.17) is 9.97 Å². The molecule has 0 unspecified atom stereocenters. The molecule has 3 aromatic rings. The van der Waals surface area contributed by atoms with E-state index < -0.39 is 0 Å². The summed E-state index contributed by atoms with van der Waals surface area (Å²) in [7, 11) is 4.02. The van der Waals surface area contributed by atoms with E-state index in [1.54, 1.807) is 0 Å². The molecule has 2 N–H and O–H groups in total. The minimum Gasteiger partial charge on any atom is -0.362 e. The van der Waals surface area contributed by atoms with Gasteiger partial charge in [-0.2, -0.15) is 4.98 Å². The van der Waals surface area contributed by atoms with Crippen molar-refractivity contribution in [1.29, 1.82) is 0 Å². The van der Waals surface area contributed by atoms with Gasteiger partial charge in [-0.1, -0.05) is 18.2 Å². The molecule has 158 valence electrons. The predicted octanol–water partition coefficient (Wildman–Crippen LogP) is 5.11. The lowest BCUT2D eigenvalue weighted by atomic mass is 9.91. The third-order valence-corrected chi connectivity index (χ3v) is 6.25. The van der Waals surface area contributed by atoms with Gasteiger partial charge in [0.25, 0.3) is 0 Å². The lowest BCUT2D eigenvalue weighted by molar-refractivity contribution is 0.352. The highest BCUT2D eigenvalue weighted by Gasteiger charge is 2.22. The lowest BCUT2D eigenvalue weighted by Gasteiger charge is -2.30. The molecule has 1 heterocycles. The fraction of sp³-hybridized carbons (Fsp3) is 0.391. The number of rotatable bonds is 6. The molecule has 0 spiro atoms. The van der Waals surface area contributed by atoms with Crippen molar-refractivity contribution < 1.29 is 4.39 Å². The first-order valence-corrected chi connectivity index (χ1v) is 11.2. The average Bonchev–Trinajstić information content (AvgIpc) is 2.75. The maximum atomic E-state index is 13.4. The van der Waals surface area contributed by atoms with E-state index in [1.165, 1.54) is 6.07 Å². The standard InChI is InChI=1S/C23H27BrFN5/c1-30(2)22-18-5-3-4-6-21(18)28-23(29-22)27-17-10-8-16(9-11-17)26-14-15-7-12-20(25)19(24)13-15/h3-7,12-13,16-17,26H,8-11,14H2,1-2H3,(H,27,28,29). The van der Waals surface area contributed by atoms with Crippen molar-refractivity contribution in [3.05, 3.63) is 58.3 Å². The summed E-state index contributed by atoms with van der Waals surface area (Å²) in [5.74, 6) is 1.41. The summed E-state index contributed by atoms with van der Waals surface area (Å²) in [4.78, 5) is 11.5. The van der Waals surface area contributed by atoms with Gasteiger partial charge in [-0.25, -0.2) is 9.37 Å². The number of benzene rings is 2. The molecule has 2 aromatic carbocycles. The molecule has 1 aliphatic carbocycles. The molecular formula is C23H27BrFN5. The van der Waals surface area contributed by atoms with E-state index in [2.05, 4.69) is 32.6 Å². The van der Waals surface area contributed by atoms with Crippen LogP contribution in [0.25, 0.3) is 10.9 Å². The van der Waals surface area contributed by atoms with Gasteiger partial charge < -0.3 is 15.5 Å². The Morgan fingerprint density at radius 2 is 1.77 bits per heavy atom. The van der Waals surface area contributed by atoms with Crippen LogP contribution < -0.4 is 15.5 Å². The summed E-state index contributed by atoms with van der Waals surface area (Å²) in [5, 5.41) is 8.22. The van der Waals surface area contributed by atoms with Gasteiger partial charge in [0.1, 0.15) is 11.6 Å². The van der Waals surface area contributed by atoms with E-state index in [0.29, 0.717) is 22.5 Å². The Morgan fingerprint density at radius 1 is 1.03 bits per heavy atom. The highest BCUT2D eigenvalue weighted by molar-refractivity contribution is 9.10. The van der Waals surface area contributed by atoms with Crippen LogP contribution in [0.1, 0.15) is 31.2 Å². The minimum absolute atomic E-state index is 0.223. The van der Waals surface area contributed by atoms with Crippen LogP contribution in [0.2, 0.25) is 0 Å². The number of nitrogens with one attached hydrogen (secondary N) is 2. The molecule has 30 heavy (non-hydrogen) atoms. The number of fused-ring (bicyclic) bond motifs is 1. The van der Waals surface area contributed by atoms with Crippen molar-refractivity contribution in [2.75, 3.05) is 24.3 Å². The summed E-state index contributed by atoms with van der Waals surface area (Å²) in [6.45, 7) is 0.752. The van der Waals surface area contributed by atoms with Crippen LogP contribution >= 0.6 is 15.9 Å². The zero-order valence-corrected chi connectivity index (χ0v) is 18.9. The molecule has 7 heteroatoms. The Balaban J connectivity index is 1.34. The van der Waals surface area contributed by atoms with Gasteiger partial charge in [0.2, 0.25) is 5.95 Å². The maximum absolute atomic E-state index is 13.4. The highest BCUT2D eigenvalue weighted by atomic mass is 79.9. The molecule has 5 nitrogen and oxygen atoms in total. The normalized spacial score (nSPS) is 19.1. The van der Waals surface area contributed by atoms with Crippen LogP contribution in [0.4, 0.5) is 16.2 Å². The SMILES string of the molecule is CN(C)c1nc(NC2CCC(NCc3ccc(F)c(Br)c3)CC2)nc2ccccc12. The number of hydrogen-bond donors (Lipinski definition) is 2. The Kier molecular flexibility index (Phi) is 6.49. The molecule has 1 fully saturated rings. The van der Waals surface area contributed by atoms with Crippen molar-refractivity contribution in [1.82, 2.24) is 15.3 Å². The van der Waals surface area contributed by atoms with Crippen LogP contribution in [0.15, 0.2) is 46.9 Å². The molecule has 1 saturated carbocycles. The Labute approximate surface area is 185 Å². The maximum Gasteiger partial charge on any atom is 0.225 e. The summed E-state index contributed by atoms with van der Waals surface area (Å²) in [5.41, 5.74) is 2.05. The van der Waals surface area contributed by atoms with Crippen molar-refractivity contribution in [2.24, 2.45) is 0 Å². The second-order valence-electron chi connectivity index (χ2n) is 8.10. The van der Waals surface area contributed by atoms with Crippen molar-refractivity contribution in [2.45, 2.75) is 44.3 Å². The number of nitrogens with zero attached hydrogens (tertiary/aromatic N) is 3. The molecule has 1 aliphatic rings. The second kappa shape index (κ2) is 9.27. The molecule has 0 bridgehead atoms. The van der Waals surface area contributed by atoms with Crippen LogP contribution in [0.5, 0.6) is 0 Å². The first-order valence-electron chi connectivity index (χ1n) is 10.4. The van der Waals surface area contributed by atoms with Gasteiger partial charge in [0, 0.05) is 38.1 Å². The molecule has 0 radical (unpaired) electrons. The van der Waals surface area contributed by atoms with Crippen molar-refractivity contribution in [3.8, 4) is 0 Å². The van der Waals surface area contributed by atoms with Crippen molar-refractivity contribution in [3.63, 3.8) is 0 Å². The van der Waals surface area contributed by atoms with E-state index in [9.17, 15) is 4.39 Å². The second-order valence-corrected chi connectivity index (χ2v) is 8.96. The summed E-state index contributed by atoms with van der Waals surface area (Å²) in [6, 6.07) is 14.2. The third-order valence-electron chi connectivity index (χ3n) is 5.65. The number of anilines is 2. The lowest BCUT2D eigenvalue weighted by Crippen LogP contribution is -2.37. The fourth-order valence-electron chi connectivity index (χ4n) is 4.00. The molecular weight excluding hydrogens is 445 g/mol. The van der Waals surface area contributed by atoms with Crippen LogP contribution in [0.3, 0.4) is 0 Å². The zero-order chi connectivity index (χ0) is 21.1. The van der Waals surface area contributed by atoms with Gasteiger partial charge in [-0.05, 0) is 71.4 Å². The monoisotopic (exact) mass is 471 g/mol. The Morgan fingerprint density at radius 3 is 2.50 bits per heavy atom. The smallest absolute Gasteiger partial charge is 0.225 e. The van der Waals surface area contributed by atoms with E-state index in [-0.39, 0.29) is 5.82 Å². The van der Waals surface area contributed by atoms with Crippen LogP contribution in [-0.4, -0.2) is 36.1 Å². The van der Waals surface area contributed by atoms with Crippen LogP contribution in [0, 0.1) is 5.82 Å². The van der Waals surface area contributed by atoms with Gasteiger partial charge in [-0.15, -0.1) is 0 Å². The molecule has 0 amide bonds. The zero-order valence-electron chi connectivity index (χ0n) is 17.3. The summed E-state index contributed by atoms with van der Waals surface area (Å²) >= 11 is 3.25. The van der Waals surface area contributed by atoms with E-state index in [0.717, 1.165) is 54.5 Å². The quantitative estimate of drug-likeness (QED) is 0.522. The Hall–Kier alpha value is -2.25. The molecule has 0 atom stereocenters. The van der Waals surface area contributed by atoms with Gasteiger partial charge in [0.15, 0.2) is 0 Å². The summed E-state index contributed by atoms with van der Waals surface area (Å²) in [6.07, 6.45) is 4.32. The topological polar surface area (TPSA) is 53.1 Å². The van der Waals surface area contributed by atoms with E-state index >= 15 is 0 Å². The number of halogens is 2. The molecule has 0 aliphatic heterocycles. The average molecular weight is 472 g/mol. The summed E-state index contributed by atoms with van der Waals surface area (Å²) < 4.78 is 13.9. The number of aromatic nitrogens is 2. The van der Waals surface area contributed by atoms with Gasteiger partial charge in [-0.3, -0.25) is 0 Å². The molecule has 1 aromatic heterocycles. The predicted molar refractivity (Wildman–Crippen MR) is 124 cm³/mol. The largest absolute Gasteiger partial charge is 0.362 e. The first-order chi connectivity index (χ1) is 14.5. The van der Waals surface area contributed by atoms with E-state index in [1.807, 2.05) is 49.3 Å². The van der Waals surface area contributed by atoms with Crippen molar-refractivity contribution >= 4 is 38.6 Å². The number of para-hydroxylation sites is 1. The Bertz CT molecular complexity index is 1020. The molecule has 0 saturated heterocycles. The van der Waals surface area contributed by atoms with Gasteiger partial charge >= 0.3 is 0 Å². The minimum atomic E-state index is -0.223. The highest BCUT2D eigenvalue weighted by Crippen LogP contribution is 2.26. The fourth-order valence-corrected chi connectivity index (χ4v) is 4.43. The number of hydrogen-bond acceptors (Lipinski definition) is 5. The van der Waals surface area contributed by atoms with Crippen LogP contribution in [-0.2, 0) is 6.54 Å². The first kappa shape index (κ1) is 21.0.